The lowest BCUT2D eigenvalue weighted by Crippen LogP contribution is -2.56. The summed E-state index contributed by atoms with van der Waals surface area (Å²) in [4.78, 5) is 39.0. The average molecular weight is 1020 g/mol. The zero-order valence-corrected chi connectivity index (χ0v) is 38.4. The van der Waals surface area contributed by atoms with Gasteiger partial charge in [0, 0.05) is 30.1 Å². The summed E-state index contributed by atoms with van der Waals surface area (Å²) in [6.45, 7) is 4.98. The molecule has 0 saturated carbocycles. The number of hydrogen-bond donors (Lipinski definition) is 2. The molecule has 3 aliphatic rings. The van der Waals surface area contributed by atoms with E-state index in [4.69, 9.17) is 21.1 Å². The molecule has 1 atom stereocenters. The van der Waals surface area contributed by atoms with Crippen molar-refractivity contribution < 1.29 is 72.8 Å². The number of allylic oxidation sites excluding steroid dienone is 2. The fourth-order valence-electron chi connectivity index (χ4n) is 6.87. The molecule has 1 fully saturated rings. The van der Waals surface area contributed by atoms with Gasteiger partial charge in [0.2, 0.25) is 11.6 Å². The normalized spacial score (nSPS) is 17.4. The number of halogens is 10. The number of methoxy groups -OCH3 is 2. The third-order valence-corrected chi connectivity index (χ3v) is 10.7. The number of rotatable bonds is 8. The van der Waals surface area contributed by atoms with Crippen LogP contribution in [-0.2, 0) is 37.8 Å². The third-order valence-electron chi connectivity index (χ3n) is 10.5. The minimum absolute atomic E-state index is 0.0382. The van der Waals surface area contributed by atoms with Crippen LogP contribution >= 0.6 is 11.6 Å². The van der Waals surface area contributed by atoms with Crippen molar-refractivity contribution in [2.45, 2.75) is 44.6 Å². The number of imide groups is 1. The molecule has 2 N–H and O–H groups in total. The van der Waals surface area contributed by atoms with Gasteiger partial charge in [0.05, 0.1) is 36.7 Å². The molecule has 1 saturated heterocycles. The second kappa shape index (κ2) is 21.3. The molecule has 7 rings (SSSR count). The Balaban J connectivity index is 0.000000233. The lowest BCUT2D eigenvalue weighted by atomic mass is 9.92. The molecule has 14 nitrogen and oxygen atoms in total. The number of anilines is 1. The predicted molar refractivity (Wildman–Crippen MR) is 243 cm³/mol. The number of hydrogen-bond acceptors (Lipinski definition) is 10. The Bertz CT molecular complexity index is 2680. The number of guanidine groups is 1. The first-order chi connectivity index (χ1) is 33.3. The number of benzene rings is 4. The van der Waals surface area contributed by atoms with Gasteiger partial charge in [0.15, 0.2) is 0 Å². The molecule has 0 aromatic heterocycles. The lowest BCUT2D eigenvalue weighted by Gasteiger charge is -2.35. The van der Waals surface area contributed by atoms with E-state index >= 15 is 0 Å². The number of ether oxygens (including phenoxy) is 4. The quantitative estimate of drug-likeness (QED) is 0.0759. The SMILES string of the molecule is CC1(C)CNC(=NN=C(/C=C/c2ccc(C(F)(F)F)cc2)/C=C/c2ccc(C(F)(F)F)cc2)NC1.COC(=O)N(C(=O)N1CO[C@@]2(C(=O)OC)Cc3cc(Cl)ccc3C2=N1)c1ccc(OC(F)(F)F)cc1. The van der Waals surface area contributed by atoms with Crippen molar-refractivity contribution in [2.24, 2.45) is 20.7 Å². The van der Waals surface area contributed by atoms with Crippen molar-refractivity contribution in [2.75, 3.05) is 38.9 Å². The molecule has 3 amide bonds. The Kier molecular flexibility index (Phi) is 15.9. The van der Waals surface area contributed by atoms with Gasteiger partial charge in [-0.2, -0.15) is 41.4 Å². The zero-order chi connectivity index (χ0) is 51.9. The van der Waals surface area contributed by atoms with Gasteiger partial charge in [-0.15, -0.1) is 23.4 Å². The van der Waals surface area contributed by atoms with Crippen LogP contribution in [0.1, 0.15) is 47.2 Å². The molecule has 376 valence electrons. The molecular weight excluding hydrogens is 981 g/mol. The Morgan fingerprint density at radius 2 is 1.34 bits per heavy atom. The van der Waals surface area contributed by atoms with Crippen molar-refractivity contribution in [1.82, 2.24) is 15.6 Å². The molecule has 4 aromatic rings. The van der Waals surface area contributed by atoms with Crippen molar-refractivity contribution in [3.8, 4) is 5.75 Å². The van der Waals surface area contributed by atoms with Gasteiger partial charge in [0.25, 0.3) is 0 Å². The van der Waals surface area contributed by atoms with E-state index in [1.165, 1.54) is 31.4 Å². The standard InChI is InChI=1S/C25H24F6N4.C22H17ClF3N3O7/c1-23(2)15-32-22(33-16-23)35-34-21(13-7-17-3-9-19(10-4-17)24(26,27)28)14-8-18-5-11-20(12-6-18)25(29,30)31;1-33-18(30)21-10-12-9-13(23)3-8-16(12)17(21)27-28(11-35-21)19(31)29(20(32)34-2)14-4-6-15(7-5-14)36-22(24,25)26/h3-14H,15-16H2,1-2H3,(H2,32,33,35);3-9H,10-11H2,1-2H3/b13-7+,14-8+;/t;21-/m.0/s1. The number of nitrogens with zero attached hydrogens (tertiary/aromatic N) is 5. The number of nitrogens with one attached hydrogen (secondary N) is 2. The van der Waals surface area contributed by atoms with E-state index < -0.39 is 66.0 Å². The van der Waals surface area contributed by atoms with Gasteiger partial charge >= 0.3 is 36.8 Å². The predicted octanol–water partition coefficient (Wildman–Crippen LogP) is 10.5. The summed E-state index contributed by atoms with van der Waals surface area (Å²) in [5, 5.41) is 20.1. The fourth-order valence-corrected chi connectivity index (χ4v) is 7.07. The molecule has 71 heavy (non-hydrogen) atoms. The molecule has 2 heterocycles. The monoisotopic (exact) mass is 1020 g/mol. The first kappa shape index (κ1) is 53.0. The van der Waals surface area contributed by atoms with Crippen molar-refractivity contribution in [3.05, 3.63) is 142 Å². The third kappa shape index (κ3) is 13.5. The van der Waals surface area contributed by atoms with Crippen molar-refractivity contribution in [3.63, 3.8) is 0 Å². The molecule has 24 heteroatoms. The molecule has 2 aliphatic heterocycles. The van der Waals surface area contributed by atoms with Crippen LogP contribution < -0.4 is 20.3 Å². The fraction of sp³-hybridized carbons (Fsp3) is 0.277. The summed E-state index contributed by atoms with van der Waals surface area (Å²) in [5.41, 5.74) is -0.693. The van der Waals surface area contributed by atoms with Crippen molar-refractivity contribution in [1.29, 1.82) is 0 Å². The largest absolute Gasteiger partial charge is 0.573 e. The minimum Gasteiger partial charge on any atom is -0.467 e. The number of alkyl halides is 9. The Labute approximate surface area is 404 Å². The van der Waals surface area contributed by atoms with Crippen LogP contribution in [0.2, 0.25) is 5.02 Å². The van der Waals surface area contributed by atoms with E-state index in [2.05, 4.69) is 49.3 Å². The second-order valence-electron chi connectivity index (χ2n) is 16.3. The summed E-state index contributed by atoms with van der Waals surface area (Å²) in [7, 11) is 2.19. The smallest absolute Gasteiger partial charge is 0.467 e. The number of carbonyl (C=O) groups excluding carboxylic acids is 3. The minimum atomic E-state index is -4.92. The summed E-state index contributed by atoms with van der Waals surface area (Å²) in [5.74, 6) is -0.840. The van der Waals surface area contributed by atoms with Gasteiger partial charge in [0.1, 0.15) is 18.2 Å². The van der Waals surface area contributed by atoms with Crippen LogP contribution in [0.5, 0.6) is 5.75 Å². The van der Waals surface area contributed by atoms with Crippen LogP contribution in [0.3, 0.4) is 0 Å². The van der Waals surface area contributed by atoms with Gasteiger partial charge in [-0.3, -0.25) is 0 Å². The molecule has 0 radical (unpaired) electrons. The maximum Gasteiger partial charge on any atom is 0.573 e. The van der Waals surface area contributed by atoms with Gasteiger partial charge in [-0.05, 0) is 94.9 Å². The van der Waals surface area contributed by atoms with Crippen molar-refractivity contribution >= 4 is 64.9 Å². The molecule has 0 unspecified atom stereocenters. The highest BCUT2D eigenvalue weighted by Crippen LogP contribution is 2.39. The van der Waals surface area contributed by atoms with E-state index in [9.17, 15) is 53.9 Å². The Morgan fingerprint density at radius 3 is 1.83 bits per heavy atom. The highest BCUT2D eigenvalue weighted by molar-refractivity contribution is 6.31. The second-order valence-corrected chi connectivity index (χ2v) is 16.7. The number of hydrazone groups is 1. The maximum atomic E-state index is 13.3. The van der Waals surface area contributed by atoms with Crippen LogP contribution in [0.15, 0.2) is 118 Å². The first-order valence-corrected chi connectivity index (χ1v) is 21.2. The van der Waals surface area contributed by atoms with E-state index in [1.54, 1.807) is 42.5 Å². The Morgan fingerprint density at radius 1 is 0.789 bits per heavy atom. The van der Waals surface area contributed by atoms with Gasteiger partial charge in [-0.25, -0.2) is 14.4 Å². The van der Waals surface area contributed by atoms with E-state index in [0.717, 1.165) is 60.6 Å². The number of carbonyl (C=O) groups is 3. The van der Waals surface area contributed by atoms with E-state index in [0.29, 0.717) is 56.9 Å². The van der Waals surface area contributed by atoms with Gasteiger partial charge < -0.3 is 29.6 Å². The average Bonchev–Trinajstić information content (AvgIpc) is 3.65. The number of amides is 3. The number of esters is 1. The molecule has 0 spiro atoms. The molecular formula is C47H41ClF9N7O7. The summed E-state index contributed by atoms with van der Waals surface area (Å²) >= 11 is 6.07. The lowest BCUT2D eigenvalue weighted by molar-refractivity contribution is -0.274. The number of urea groups is 1. The van der Waals surface area contributed by atoms with Crippen LogP contribution in [0.25, 0.3) is 12.2 Å². The topological polar surface area (TPSA) is 156 Å². The van der Waals surface area contributed by atoms with E-state index in [-0.39, 0.29) is 23.2 Å². The number of fused-ring (bicyclic) bond motifs is 3. The summed E-state index contributed by atoms with van der Waals surface area (Å²) in [6.07, 6.45) is -8.62. The maximum absolute atomic E-state index is 13.3. The van der Waals surface area contributed by atoms with Crippen LogP contribution in [0.4, 0.5) is 54.8 Å². The van der Waals surface area contributed by atoms with Crippen LogP contribution in [-0.4, -0.2) is 86.5 Å². The summed E-state index contributed by atoms with van der Waals surface area (Å²) in [6, 6.07) is 16.9. The van der Waals surface area contributed by atoms with E-state index in [1.807, 2.05) is 0 Å². The van der Waals surface area contributed by atoms with Gasteiger partial charge in [-0.1, -0.05) is 67.9 Å². The zero-order valence-electron chi connectivity index (χ0n) is 37.7. The molecule has 4 aromatic carbocycles. The Hall–Kier alpha value is -7.40. The molecule has 0 bridgehead atoms. The highest BCUT2D eigenvalue weighted by Gasteiger charge is 2.55. The highest BCUT2D eigenvalue weighted by atomic mass is 35.5. The first-order valence-electron chi connectivity index (χ1n) is 20.8. The molecule has 1 aliphatic carbocycles. The van der Waals surface area contributed by atoms with Crippen LogP contribution in [0, 0.1) is 5.41 Å². The summed E-state index contributed by atoms with van der Waals surface area (Å²) < 4.78 is 133.